The largest absolute Gasteiger partial charge is 0.409 e. The number of aromatic amines is 2. The molecule has 5 aliphatic heterocycles. The summed E-state index contributed by atoms with van der Waals surface area (Å²) in [5.74, 6) is 1.02. The molecule has 5 aromatic rings. The number of aliphatic hydroxyl groups excluding tert-OH is 6. The molecule has 0 spiro atoms. The molecule has 33 nitrogen and oxygen atoms in total. The maximum Gasteiger partial charge on any atom is 0.351 e. The molecule has 12 N–H and O–H groups in total. The van der Waals surface area contributed by atoms with Crippen LogP contribution in [0, 0.1) is 11.8 Å². The Morgan fingerprint density at radius 2 is 0.886 bits per heavy atom. The molecule has 4 aromatic heterocycles. The van der Waals surface area contributed by atoms with Crippen LogP contribution in [-0.4, -0.2) is 192 Å². The molecule has 5 fully saturated rings. The van der Waals surface area contributed by atoms with Crippen molar-refractivity contribution in [2.45, 2.75) is 303 Å². The molecule has 40 heteroatoms. The Kier molecular flexibility index (Phi) is 44.6. The third-order valence-corrected chi connectivity index (χ3v) is 30.9. The van der Waals surface area contributed by atoms with E-state index < -0.39 is 134 Å². The average molecular weight is 1750 g/mol. The summed E-state index contributed by atoms with van der Waals surface area (Å²) in [4.78, 5) is 81.7. The van der Waals surface area contributed by atoms with E-state index >= 15 is 0 Å². The minimum absolute atomic E-state index is 0. The van der Waals surface area contributed by atoms with Gasteiger partial charge < -0.3 is 63.2 Å². The Hall–Kier alpha value is -5.20. The highest BCUT2D eigenvalue weighted by Gasteiger charge is 2.51. The van der Waals surface area contributed by atoms with Crippen LogP contribution in [-0.2, 0) is 64.0 Å². The fraction of sp³-hybridized carbons (Fsp3) is 0.703. The quantitative estimate of drug-likeness (QED) is 0.0222. The van der Waals surface area contributed by atoms with Gasteiger partial charge in [0, 0.05) is 95.0 Å². The Morgan fingerprint density at radius 3 is 1.15 bits per heavy atom. The van der Waals surface area contributed by atoms with Crippen LogP contribution >= 0.6 is 24.2 Å². The van der Waals surface area contributed by atoms with Gasteiger partial charge in [0.05, 0.1) is 42.5 Å². The second kappa shape index (κ2) is 47.6. The van der Waals surface area contributed by atoms with E-state index in [0.29, 0.717) is 10.8 Å². The smallest absolute Gasteiger partial charge is 0.351 e. The van der Waals surface area contributed by atoms with E-state index in [4.69, 9.17) is 63.8 Å². The first-order valence-electron chi connectivity index (χ1n) is 37.6. The van der Waals surface area contributed by atoms with Crippen LogP contribution < -0.4 is 44.8 Å². The zero-order valence-corrected chi connectivity index (χ0v) is 75.1. The fourth-order valence-corrected chi connectivity index (χ4v) is 16.4. The van der Waals surface area contributed by atoms with Crippen molar-refractivity contribution in [3.05, 3.63) is 141 Å². The van der Waals surface area contributed by atoms with Gasteiger partial charge in [0.2, 0.25) is 0 Å². The topological polar surface area (TPSA) is 464 Å². The molecule has 1 aromatic carbocycles. The van der Waals surface area contributed by atoms with Gasteiger partial charge in [-0.15, -0.1) is 0 Å². The van der Waals surface area contributed by atoms with Crippen LogP contribution in [0.2, 0.25) is 36.3 Å². The van der Waals surface area contributed by atoms with Gasteiger partial charge >= 0.3 is 22.8 Å². The number of rotatable bonds is 18. The molecule has 0 bridgehead atoms. The Labute approximate surface area is 692 Å². The van der Waals surface area contributed by atoms with Crippen molar-refractivity contribution in [1.29, 1.82) is 0 Å². The van der Waals surface area contributed by atoms with Gasteiger partial charge in [-0.05, 0) is 109 Å². The van der Waals surface area contributed by atoms with Crippen LogP contribution in [0.1, 0.15) is 217 Å². The van der Waals surface area contributed by atoms with E-state index in [-0.39, 0.29) is 90.7 Å². The lowest BCUT2D eigenvalue weighted by molar-refractivity contribution is -0.0550. The lowest BCUT2D eigenvalue weighted by Crippen LogP contribution is -2.47. The summed E-state index contributed by atoms with van der Waals surface area (Å²) >= 11 is 7.33. The summed E-state index contributed by atoms with van der Waals surface area (Å²) in [5, 5.41) is 73.9. The minimum atomic E-state index is -3.72. The molecule has 4 unspecified atom stereocenters. The monoisotopic (exact) mass is 1740 g/mol. The number of nitrogens with zero attached hydrogens (tertiary/aromatic N) is 6. The average Bonchev–Trinajstić information content (AvgIpc) is 1.31. The van der Waals surface area contributed by atoms with Crippen LogP contribution in [0.3, 0.4) is 0 Å². The third kappa shape index (κ3) is 28.2. The van der Waals surface area contributed by atoms with E-state index in [2.05, 4.69) is 147 Å². The molecule has 0 amide bonds. The second-order valence-corrected chi connectivity index (χ2v) is 43.3. The molecule has 5 saturated heterocycles. The standard InChI is InChI=1S/C17H31N3O4Si.C17H30N2O4Si.C15H23ClO2S.C9H13N3O6.C9H12N2O6.C4H8O.C2H6.CH4.S2.H2S/c1-8-12-11(2)14(24-25(6,7)17(3,4)5)15(23-12)20-10-9-13(19-22)18-16(20)21;1-8-12-11(2)14(23-24(6,7)17(3,4)5)15(22-12)19-10-9-13(20)18-16(19)21;1-9(2)12-7-13(10(3)4)15(19(16,17)18)14(8-12)11(5)6;13-3-4-6(14)7(15)8(18-4)12-2-1-5(11-17)10-9(12)16;12-3-4-6(14)7(15)8(17-4)11-2-1-5(13)10-9(11)16;1-2-4-5-3-1;1-2;;1-2;/h9-12,14-15,22H,8H2,1-7H3,(H,18,19,21);9-12,14-15H,8H2,1-7H3,(H,18,20,21);7-11H,1-6H3;1-2,4,6-8,13-15,17H,3H2,(H,10,11,16);1-2,4,6-8,12,14-15H,3H2,(H,10,13,16);1-4H2;1-2H3;1H4;;1H2/t2*11-,12+,14?,15+;;2*4-,6+,7?,8-;;;;;/m00.11...../s1. The van der Waals surface area contributed by atoms with E-state index in [9.17, 15) is 57.6 Å². The predicted octanol–water partition coefficient (Wildman–Crippen LogP) is 8.60. The highest BCUT2D eigenvalue weighted by Crippen LogP contribution is 2.46. The van der Waals surface area contributed by atoms with Crippen molar-refractivity contribution in [3.8, 4) is 0 Å². The molecule has 16 atom stereocenters. The molecule has 652 valence electrons. The zero-order valence-electron chi connectivity index (χ0n) is 68.9. The third-order valence-electron chi connectivity index (χ3n) is 20.6. The van der Waals surface area contributed by atoms with Crippen molar-refractivity contribution < 1.29 is 82.0 Å². The molecular formula is C74H129ClN10O23S4Si2. The number of aliphatic hydroxyl groups is 6. The van der Waals surface area contributed by atoms with Gasteiger partial charge in [-0.3, -0.25) is 59.2 Å². The van der Waals surface area contributed by atoms with Crippen LogP contribution in [0.15, 0.2) is 94.8 Å². The number of aromatic nitrogens is 8. The lowest BCUT2D eigenvalue weighted by Gasteiger charge is -2.40. The number of anilines is 2. The minimum Gasteiger partial charge on any atom is -0.409 e. The number of H-pyrrole nitrogens is 2. The van der Waals surface area contributed by atoms with Crippen molar-refractivity contribution in [1.82, 2.24) is 38.2 Å². The van der Waals surface area contributed by atoms with Crippen LogP contribution in [0.4, 0.5) is 11.6 Å². The first-order valence-corrected chi connectivity index (χ1v) is 47.0. The molecule has 5 aliphatic rings. The Morgan fingerprint density at radius 1 is 0.570 bits per heavy atom. The van der Waals surface area contributed by atoms with E-state index in [0.717, 1.165) is 64.1 Å². The normalized spacial score (nSPS) is 25.1. The molecule has 114 heavy (non-hydrogen) atoms. The summed E-state index contributed by atoms with van der Waals surface area (Å²) in [5.41, 5.74) is 2.97. The number of nitrogens with one attached hydrogen (secondary N) is 4. The summed E-state index contributed by atoms with van der Waals surface area (Å²) < 4.78 is 69.5. The predicted molar refractivity (Wildman–Crippen MR) is 452 cm³/mol. The second-order valence-electron chi connectivity index (χ2n) is 31.3. The number of ether oxygens (including phenoxy) is 5. The zero-order chi connectivity index (χ0) is 85.6. The molecular weight excluding hydrogens is 1620 g/mol. The molecule has 0 aliphatic carbocycles. The first kappa shape index (κ1) is 107. The van der Waals surface area contributed by atoms with Crippen LogP contribution in [0.5, 0.6) is 0 Å². The lowest BCUT2D eigenvalue weighted by atomic mass is 9.89. The van der Waals surface area contributed by atoms with Gasteiger partial charge in [0.25, 0.3) is 20.2 Å². The molecule has 0 saturated carbocycles. The summed E-state index contributed by atoms with van der Waals surface area (Å²) in [7, 11) is -2.12. The van der Waals surface area contributed by atoms with E-state index in [1.807, 2.05) is 64.1 Å². The Bertz CT molecular complexity index is 4200. The van der Waals surface area contributed by atoms with Gasteiger partial charge in [0.15, 0.2) is 53.2 Å². The van der Waals surface area contributed by atoms with Gasteiger partial charge in [-0.1, -0.05) is 144 Å². The summed E-state index contributed by atoms with van der Waals surface area (Å²) in [6, 6.07) is 9.23. The first-order chi connectivity index (χ1) is 52.2. The van der Waals surface area contributed by atoms with Gasteiger partial charge in [0.1, 0.15) is 36.6 Å². The highest BCUT2D eigenvalue weighted by atomic mass is 35.7. The summed E-state index contributed by atoms with van der Waals surface area (Å²) in [6.45, 7) is 47.6. The van der Waals surface area contributed by atoms with Crippen molar-refractivity contribution in [2.24, 2.45) is 11.8 Å². The van der Waals surface area contributed by atoms with Crippen molar-refractivity contribution in [3.63, 3.8) is 0 Å². The summed E-state index contributed by atoms with van der Waals surface area (Å²) in [6.07, 6.45) is -1.11. The number of benzene rings is 1. The van der Waals surface area contributed by atoms with Gasteiger partial charge in [-0.2, -0.15) is 23.5 Å². The molecule has 0 radical (unpaired) electrons. The number of hydrogen-bond donors (Lipinski definition) is 12. The van der Waals surface area contributed by atoms with Crippen molar-refractivity contribution in [2.75, 3.05) is 37.4 Å². The fourth-order valence-electron chi connectivity index (χ4n) is 11.9. The number of hydrogen-bond acceptors (Lipinski definition) is 29. The Balaban J connectivity index is 0.000000694. The van der Waals surface area contributed by atoms with Gasteiger partial charge in [-0.25, -0.2) is 27.6 Å². The maximum atomic E-state index is 12.4. The maximum absolute atomic E-state index is 12.4. The number of halogens is 1. The highest BCUT2D eigenvalue weighted by molar-refractivity contribution is 8.13. The van der Waals surface area contributed by atoms with Crippen molar-refractivity contribution >= 4 is 83.9 Å². The van der Waals surface area contributed by atoms with E-state index in [1.54, 1.807) is 11.7 Å². The molecule has 9 heterocycles. The van der Waals surface area contributed by atoms with E-state index in [1.165, 1.54) is 52.6 Å². The SMILES string of the molecule is C.C1CCOC1.CC.CC(C)c1cc(C(C)C)c(S(=O)(=O)Cl)c(C(C)C)c1.CC[C@H]1O[C@@H](n2ccc(=O)[nH]c2=O)C(O[Si](C)(C)C(C)(C)C)[C@H]1C.CC[C@H]1O[C@@H](n2ccc(NO)nc2=O)C(O[Si](C)(C)C(C)(C)C)[C@H]1C.O=c1ccn([C@@H]2O[C@H](CO)[C@H](O)C2O)c(=O)[nH]1.O=c1nc(NO)ccn1[C@@H]1O[C@H](CO)[C@H](O)C1O.S.S=S. The molecule has 10 rings (SSSR count). The van der Waals surface area contributed by atoms with Crippen LogP contribution in [0.25, 0.3) is 0 Å².